The zero-order valence-corrected chi connectivity index (χ0v) is 13.3. The van der Waals surface area contributed by atoms with Crippen LogP contribution in [0.3, 0.4) is 0 Å². The van der Waals surface area contributed by atoms with Crippen LogP contribution in [0.15, 0.2) is 24.3 Å². The minimum Gasteiger partial charge on any atom is -0.370 e. The molecule has 0 aliphatic carbocycles. The molecule has 3 nitrogen and oxygen atoms in total. The van der Waals surface area contributed by atoms with E-state index in [1.54, 1.807) is 0 Å². The van der Waals surface area contributed by atoms with E-state index in [1.165, 1.54) is 33.4 Å². The number of nitrogens with zero attached hydrogens (tertiary/aromatic N) is 2. The molecule has 0 radical (unpaired) electrons. The van der Waals surface area contributed by atoms with Crippen molar-refractivity contribution >= 4 is 28.4 Å². The Balaban J connectivity index is 2.16. The Kier molecular flexibility index (Phi) is 3.77. The van der Waals surface area contributed by atoms with Crippen LogP contribution in [0.5, 0.6) is 0 Å². The minimum atomic E-state index is 0.915. The molecule has 0 amide bonds. The molecule has 2 aromatic rings. The number of anilines is 1. The standard InChI is InChI=1S/C15H18IN3/c1-2-19-15-12(8-5-6-10-17-15)14(18-19)11-7-3-4-9-13(11)16/h3-4,7,9,17H,2,5-6,8,10H2,1H3. The van der Waals surface area contributed by atoms with E-state index in [9.17, 15) is 0 Å². The van der Waals surface area contributed by atoms with E-state index >= 15 is 0 Å². The first-order valence-corrected chi connectivity index (χ1v) is 7.97. The molecular weight excluding hydrogens is 349 g/mol. The maximum absolute atomic E-state index is 4.83. The molecule has 100 valence electrons. The van der Waals surface area contributed by atoms with Gasteiger partial charge in [0.15, 0.2) is 0 Å². The number of aromatic nitrogens is 2. The number of nitrogens with one attached hydrogen (secondary N) is 1. The third-order valence-electron chi connectivity index (χ3n) is 3.63. The van der Waals surface area contributed by atoms with Gasteiger partial charge in [0.1, 0.15) is 5.82 Å². The lowest BCUT2D eigenvalue weighted by Gasteiger charge is -2.06. The second kappa shape index (κ2) is 5.53. The summed E-state index contributed by atoms with van der Waals surface area (Å²) in [6.07, 6.45) is 3.61. The lowest BCUT2D eigenvalue weighted by molar-refractivity contribution is 0.665. The highest BCUT2D eigenvalue weighted by molar-refractivity contribution is 14.1. The molecule has 0 saturated heterocycles. The highest BCUT2D eigenvalue weighted by Crippen LogP contribution is 2.34. The van der Waals surface area contributed by atoms with E-state index < -0.39 is 0 Å². The Morgan fingerprint density at radius 2 is 2.16 bits per heavy atom. The molecule has 1 N–H and O–H groups in total. The topological polar surface area (TPSA) is 29.9 Å². The van der Waals surface area contributed by atoms with Gasteiger partial charge in [-0.05, 0) is 54.8 Å². The minimum absolute atomic E-state index is 0.915. The molecule has 1 aliphatic heterocycles. The van der Waals surface area contributed by atoms with Gasteiger partial charge in [0.2, 0.25) is 0 Å². The van der Waals surface area contributed by atoms with Crippen LogP contribution in [0.4, 0.5) is 5.82 Å². The van der Waals surface area contributed by atoms with E-state index in [1.807, 2.05) is 0 Å². The summed E-state index contributed by atoms with van der Waals surface area (Å²) in [6, 6.07) is 8.50. The van der Waals surface area contributed by atoms with E-state index in [0.29, 0.717) is 0 Å². The predicted octanol–water partition coefficient (Wildman–Crippen LogP) is 3.92. The van der Waals surface area contributed by atoms with Crippen molar-refractivity contribution in [1.29, 1.82) is 0 Å². The lowest BCUT2D eigenvalue weighted by atomic mass is 10.0. The Hall–Kier alpha value is -1.04. The summed E-state index contributed by atoms with van der Waals surface area (Å²) in [5.74, 6) is 1.23. The summed E-state index contributed by atoms with van der Waals surface area (Å²) in [5, 5.41) is 8.38. The van der Waals surface area contributed by atoms with Gasteiger partial charge in [-0.25, -0.2) is 4.68 Å². The van der Waals surface area contributed by atoms with Gasteiger partial charge < -0.3 is 5.32 Å². The average molecular weight is 367 g/mol. The van der Waals surface area contributed by atoms with Crippen LogP contribution < -0.4 is 5.32 Å². The molecule has 0 spiro atoms. The van der Waals surface area contributed by atoms with Crippen LogP contribution in [0.25, 0.3) is 11.3 Å². The van der Waals surface area contributed by atoms with Gasteiger partial charge in [-0.3, -0.25) is 0 Å². The smallest absolute Gasteiger partial charge is 0.128 e. The van der Waals surface area contributed by atoms with E-state index in [0.717, 1.165) is 25.2 Å². The maximum Gasteiger partial charge on any atom is 0.128 e. The summed E-state index contributed by atoms with van der Waals surface area (Å²) >= 11 is 2.40. The first-order valence-electron chi connectivity index (χ1n) is 6.89. The van der Waals surface area contributed by atoms with Crippen LogP contribution in [-0.4, -0.2) is 16.3 Å². The largest absolute Gasteiger partial charge is 0.370 e. The van der Waals surface area contributed by atoms with Crippen molar-refractivity contribution in [2.24, 2.45) is 0 Å². The molecule has 0 atom stereocenters. The molecule has 3 rings (SSSR count). The van der Waals surface area contributed by atoms with Gasteiger partial charge in [0.05, 0.1) is 5.69 Å². The zero-order valence-electron chi connectivity index (χ0n) is 11.1. The monoisotopic (exact) mass is 367 g/mol. The summed E-state index contributed by atoms with van der Waals surface area (Å²) in [6.45, 7) is 4.13. The van der Waals surface area contributed by atoms with Gasteiger partial charge in [0, 0.05) is 27.8 Å². The van der Waals surface area contributed by atoms with Crippen molar-refractivity contribution < 1.29 is 0 Å². The number of halogens is 1. The number of rotatable bonds is 2. The summed E-state index contributed by atoms with van der Waals surface area (Å²) in [5.41, 5.74) is 3.81. The molecule has 0 unspecified atom stereocenters. The maximum atomic E-state index is 4.83. The Morgan fingerprint density at radius 3 is 2.95 bits per heavy atom. The van der Waals surface area contributed by atoms with Crippen LogP contribution in [0, 0.1) is 3.57 Å². The Bertz CT molecular complexity index is 589. The van der Waals surface area contributed by atoms with E-state index in [4.69, 9.17) is 5.10 Å². The number of hydrogen-bond acceptors (Lipinski definition) is 2. The van der Waals surface area contributed by atoms with Crippen LogP contribution in [0.2, 0.25) is 0 Å². The number of hydrogen-bond donors (Lipinski definition) is 1. The lowest BCUT2D eigenvalue weighted by Crippen LogP contribution is -2.07. The van der Waals surface area contributed by atoms with Crippen LogP contribution in [-0.2, 0) is 13.0 Å². The number of fused-ring (bicyclic) bond motifs is 1. The van der Waals surface area contributed by atoms with Gasteiger partial charge in [-0.15, -0.1) is 0 Å². The highest BCUT2D eigenvalue weighted by Gasteiger charge is 2.20. The molecular formula is C15H18IN3. The summed E-state index contributed by atoms with van der Waals surface area (Å²) < 4.78 is 3.38. The molecule has 1 aliphatic rings. The first-order chi connectivity index (χ1) is 9.31. The molecule has 0 saturated carbocycles. The van der Waals surface area contributed by atoms with Crippen molar-refractivity contribution in [3.63, 3.8) is 0 Å². The molecule has 4 heteroatoms. The fraction of sp³-hybridized carbons (Fsp3) is 0.400. The van der Waals surface area contributed by atoms with E-state index in [-0.39, 0.29) is 0 Å². The van der Waals surface area contributed by atoms with Crippen molar-refractivity contribution in [3.8, 4) is 11.3 Å². The Morgan fingerprint density at radius 1 is 1.32 bits per heavy atom. The van der Waals surface area contributed by atoms with Gasteiger partial charge in [0.25, 0.3) is 0 Å². The van der Waals surface area contributed by atoms with Gasteiger partial charge in [-0.2, -0.15) is 5.10 Å². The van der Waals surface area contributed by atoms with Crippen molar-refractivity contribution in [2.75, 3.05) is 11.9 Å². The van der Waals surface area contributed by atoms with Crippen LogP contribution in [0.1, 0.15) is 25.3 Å². The zero-order chi connectivity index (χ0) is 13.2. The predicted molar refractivity (Wildman–Crippen MR) is 87.5 cm³/mol. The van der Waals surface area contributed by atoms with Crippen LogP contribution >= 0.6 is 22.6 Å². The molecule has 0 bridgehead atoms. The van der Waals surface area contributed by atoms with Crippen molar-refractivity contribution in [1.82, 2.24) is 9.78 Å². The highest BCUT2D eigenvalue weighted by atomic mass is 127. The Labute approximate surface area is 127 Å². The fourth-order valence-corrected chi connectivity index (χ4v) is 3.31. The number of benzene rings is 1. The van der Waals surface area contributed by atoms with E-state index in [2.05, 4.69) is 63.8 Å². The van der Waals surface area contributed by atoms with Crippen molar-refractivity contribution in [2.45, 2.75) is 32.7 Å². The van der Waals surface area contributed by atoms with Gasteiger partial charge >= 0.3 is 0 Å². The number of aryl methyl sites for hydroxylation is 1. The second-order valence-electron chi connectivity index (χ2n) is 4.86. The molecule has 19 heavy (non-hydrogen) atoms. The second-order valence-corrected chi connectivity index (χ2v) is 6.02. The quantitative estimate of drug-likeness (QED) is 0.816. The molecule has 1 aromatic carbocycles. The molecule has 1 aromatic heterocycles. The summed E-state index contributed by atoms with van der Waals surface area (Å²) in [4.78, 5) is 0. The fourth-order valence-electron chi connectivity index (χ4n) is 2.67. The first kappa shape index (κ1) is 13.0. The summed E-state index contributed by atoms with van der Waals surface area (Å²) in [7, 11) is 0. The normalized spacial score (nSPS) is 14.6. The molecule has 0 fully saturated rings. The van der Waals surface area contributed by atoms with Crippen molar-refractivity contribution in [3.05, 3.63) is 33.4 Å². The average Bonchev–Trinajstić information content (AvgIpc) is 2.61. The third kappa shape index (κ3) is 2.38. The van der Waals surface area contributed by atoms with Gasteiger partial charge in [-0.1, -0.05) is 18.2 Å². The third-order valence-corrected chi connectivity index (χ3v) is 4.57. The SMILES string of the molecule is CCn1nc(-c2ccccc2I)c2c1NCCCC2. The molecule has 2 heterocycles.